The molecule has 5 aromatic rings. The van der Waals surface area contributed by atoms with Crippen LogP contribution in [0.25, 0.3) is 32.8 Å². The van der Waals surface area contributed by atoms with E-state index in [2.05, 4.69) is 15.2 Å². The third-order valence-corrected chi connectivity index (χ3v) is 4.28. The van der Waals surface area contributed by atoms with Crippen molar-refractivity contribution in [1.82, 2.24) is 4.98 Å². The number of nitrogens with one attached hydrogen (secondary N) is 1. The lowest BCUT2D eigenvalue weighted by molar-refractivity contribution is 0.459. The normalized spacial score (nSPS) is 12.0. The van der Waals surface area contributed by atoms with Gasteiger partial charge in [0.1, 0.15) is 11.2 Å². The fourth-order valence-electron chi connectivity index (χ4n) is 3.13. The first-order valence-corrected chi connectivity index (χ1v) is 7.93. The van der Waals surface area contributed by atoms with Crippen molar-refractivity contribution in [2.75, 3.05) is 0 Å². The predicted molar refractivity (Wildman–Crippen MR) is 97.9 cm³/mol. The van der Waals surface area contributed by atoms with Gasteiger partial charge in [0.15, 0.2) is 5.69 Å². The first kappa shape index (κ1) is 13.8. The molecule has 0 aliphatic carbocycles. The molecule has 2 N–H and O–H groups in total. The van der Waals surface area contributed by atoms with Gasteiger partial charge in [-0.1, -0.05) is 36.4 Å². The molecule has 0 bridgehead atoms. The van der Waals surface area contributed by atoms with Crippen LogP contribution in [0.3, 0.4) is 0 Å². The number of hydrogen-bond acceptors (Lipinski definition) is 4. The summed E-state index contributed by atoms with van der Waals surface area (Å²) in [6, 6.07) is 21.2. The zero-order valence-corrected chi connectivity index (χ0v) is 13.1. The van der Waals surface area contributed by atoms with Gasteiger partial charge < -0.3 is 14.5 Å². The van der Waals surface area contributed by atoms with Crippen LogP contribution in [0, 0.1) is 0 Å². The van der Waals surface area contributed by atoms with E-state index < -0.39 is 0 Å². The summed E-state index contributed by atoms with van der Waals surface area (Å²) in [5, 5.41) is 21.5. The second-order valence-corrected chi connectivity index (χ2v) is 5.82. The van der Waals surface area contributed by atoms with Crippen molar-refractivity contribution in [1.29, 1.82) is 0 Å². The van der Waals surface area contributed by atoms with Crippen molar-refractivity contribution in [2.45, 2.75) is 0 Å². The van der Waals surface area contributed by atoms with E-state index in [9.17, 15) is 5.11 Å². The van der Waals surface area contributed by atoms with Crippen molar-refractivity contribution in [3.63, 3.8) is 0 Å². The molecule has 0 spiro atoms. The average Bonchev–Trinajstić information content (AvgIpc) is 3.17. The summed E-state index contributed by atoms with van der Waals surface area (Å²) in [5.74, 6) is -0.0253. The fourth-order valence-corrected chi connectivity index (χ4v) is 3.13. The van der Waals surface area contributed by atoms with Crippen LogP contribution < -0.4 is 0 Å². The Balaban J connectivity index is 1.80. The third kappa shape index (κ3) is 2.10. The predicted octanol–water partition coefficient (Wildman–Crippen LogP) is 6.19. The summed E-state index contributed by atoms with van der Waals surface area (Å²) >= 11 is 0. The summed E-state index contributed by atoms with van der Waals surface area (Å²) < 4.78 is 6.04. The van der Waals surface area contributed by atoms with E-state index in [-0.39, 0.29) is 5.88 Å². The molecule has 5 heteroatoms. The minimum Gasteiger partial charge on any atom is -0.493 e. The molecule has 0 aliphatic rings. The number of benzene rings is 3. The number of aromatic amines is 1. The Morgan fingerprint density at radius 3 is 2.48 bits per heavy atom. The molecule has 0 atom stereocenters. The molecular weight excluding hydrogens is 314 g/mol. The molecule has 5 nitrogen and oxygen atoms in total. The number of furan rings is 1. The largest absolute Gasteiger partial charge is 0.493 e. The van der Waals surface area contributed by atoms with Crippen LogP contribution in [0.1, 0.15) is 0 Å². The third-order valence-electron chi connectivity index (χ3n) is 4.28. The lowest BCUT2D eigenvalue weighted by Crippen LogP contribution is -1.70. The van der Waals surface area contributed by atoms with Crippen LogP contribution in [-0.4, -0.2) is 10.1 Å². The number of aromatic nitrogens is 1. The van der Waals surface area contributed by atoms with Crippen LogP contribution in [0.2, 0.25) is 0 Å². The second kappa shape index (κ2) is 5.21. The minimum atomic E-state index is -0.0253. The van der Waals surface area contributed by atoms with E-state index in [0.29, 0.717) is 17.0 Å². The molecule has 0 amide bonds. The number of aromatic hydroxyl groups is 1. The number of H-pyrrole nitrogens is 1. The molecule has 120 valence electrons. The fraction of sp³-hybridized carbons (Fsp3) is 0. The van der Waals surface area contributed by atoms with Gasteiger partial charge in [-0.25, -0.2) is 0 Å². The summed E-state index contributed by atoms with van der Waals surface area (Å²) in [6.07, 6.45) is 0. The highest BCUT2D eigenvalue weighted by atomic mass is 16.3. The zero-order chi connectivity index (χ0) is 16.8. The van der Waals surface area contributed by atoms with E-state index in [1.165, 1.54) is 0 Å². The molecule has 0 radical (unpaired) electrons. The lowest BCUT2D eigenvalue weighted by atomic mass is 10.1. The Hall–Kier alpha value is -3.60. The highest BCUT2D eigenvalue weighted by Gasteiger charge is 2.18. The highest BCUT2D eigenvalue weighted by molar-refractivity contribution is 6.18. The molecule has 0 aliphatic heterocycles. The Morgan fingerprint density at radius 1 is 0.800 bits per heavy atom. The van der Waals surface area contributed by atoms with Crippen LogP contribution in [-0.2, 0) is 0 Å². The van der Waals surface area contributed by atoms with Gasteiger partial charge in [-0.15, -0.1) is 5.11 Å². The van der Waals surface area contributed by atoms with Gasteiger partial charge in [0.25, 0.3) is 0 Å². The van der Waals surface area contributed by atoms with Gasteiger partial charge in [-0.3, -0.25) is 0 Å². The smallest absolute Gasteiger partial charge is 0.218 e. The standard InChI is InChI=1S/C20H13N3O2/c24-20-18(23-22-12-6-2-1-3-7-12)17-15(21-20)11-10-14-13-8-4-5-9-16(13)25-19(14)17/h1-11,21,24H. The van der Waals surface area contributed by atoms with E-state index in [0.717, 1.165) is 27.3 Å². The van der Waals surface area contributed by atoms with Crippen LogP contribution in [0.4, 0.5) is 11.4 Å². The van der Waals surface area contributed by atoms with Gasteiger partial charge in [-0.05, 0) is 30.3 Å². The van der Waals surface area contributed by atoms with Crippen LogP contribution in [0.5, 0.6) is 5.88 Å². The van der Waals surface area contributed by atoms with Crippen LogP contribution >= 0.6 is 0 Å². The second-order valence-electron chi connectivity index (χ2n) is 5.82. The monoisotopic (exact) mass is 327 g/mol. The molecule has 3 aromatic carbocycles. The summed E-state index contributed by atoms with van der Waals surface area (Å²) in [5.41, 5.74) is 3.34. The number of rotatable bonds is 2. The van der Waals surface area contributed by atoms with Gasteiger partial charge in [0.2, 0.25) is 5.88 Å². The maximum atomic E-state index is 10.3. The molecule has 2 heterocycles. The number of azo groups is 1. The first-order valence-electron chi connectivity index (χ1n) is 7.93. The maximum Gasteiger partial charge on any atom is 0.218 e. The van der Waals surface area contributed by atoms with Crippen molar-refractivity contribution in [3.8, 4) is 5.88 Å². The molecule has 25 heavy (non-hydrogen) atoms. The topological polar surface area (TPSA) is 73.9 Å². The number of para-hydroxylation sites is 1. The Kier molecular flexibility index (Phi) is 2.87. The Bertz CT molecular complexity index is 1250. The minimum absolute atomic E-state index is 0.0253. The molecule has 2 aromatic heterocycles. The summed E-state index contributed by atoms with van der Waals surface area (Å²) in [7, 11) is 0. The first-order chi connectivity index (χ1) is 12.3. The highest BCUT2D eigenvalue weighted by Crippen LogP contribution is 2.43. The summed E-state index contributed by atoms with van der Waals surface area (Å²) in [6.45, 7) is 0. The SMILES string of the molecule is Oc1[nH]c2ccc3c4ccccc4oc3c2c1N=Nc1ccccc1. The lowest BCUT2D eigenvalue weighted by Gasteiger charge is -1.94. The summed E-state index contributed by atoms with van der Waals surface area (Å²) in [4.78, 5) is 2.94. The van der Waals surface area contributed by atoms with Gasteiger partial charge >= 0.3 is 0 Å². The number of hydrogen-bond donors (Lipinski definition) is 2. The Morgan fingerprint density at radius 2 is 1.60 bits per heavy atom. The molecular formula is C20H13N3O2. The van der Waals surface area contributed by atoms with Gasteiger partial charge in [0, 0.05) is 10.8 Å². The van der Waals surface area contributed by atoms with E-state index in [1.54, 1.807) is 0 Å². The molecule has 0 saturated heterocycles. The quantitative estimate of drug-likeness (QED) is 0.379. The van der Waals surface area contributed by atoms with E-state index >= 15 is 0 Å². The van der Waals surface area contributed by atoms with Crippen molar-refractivity contribution in [2.24, 2.45) is 10.2 Å². The Labute approximate surface area is 142 Å². The van der Waals surface area contributed by atoms with Crippen molar-refractivity contribution in [3.05, 3.63) is 66.7 Å². The van der Waals surface area contributed by atoms with Crippen molar-refractivity contribution >= 4 is 44.2 Å². The molecule has 0 unspecified atom stereocenters. The van der Waals surface area contributed by atoms with E-state index in [1.807, 2.05) is 66.7 Å². The van der Waals surface area contributed by atoms with Gasteiger partial charge in [0.05, 0.1) is 16.6 Å². The molecule has 0 fully saturated rings. The number of fused-ring (bicyclic) bond motifs is 5. The van der Waals surface area contributed by atoms with Gasteiger partial charge in [-0.2, -0.15) is 5.11 Å². The number of nitrogens with zero attached hydrogens (tertiary/aromatic N) is 2. The van der Waals surface area contributed by atoms with Crippen LogP contribution in [0.15, 0.2) is 81.4 Å². The average molecular weight is 327 g/mol. The molecule has 0 saturated carbocycles. The zero-order valence-electron chi connectivity index (χ0n) is 13.1. The van der Waals surface area contributed by atoms with E-state index in [4.69, 9.17) is 4.42 Å². The van der Waals surface area contributed by atoms with Crippen molar-refractivity contribution < 1.29 is 9.52 Å². The molecule has 5 rings (SSSR count). The maximum absolute atomic E-state index is 10.3.